The number of hydrogen-bond donors (Lipinski definition) is 0. The number of nitrogens with zero attached hydrogens (tertiary/aromatic N) is 5. The molecule has 1 aromatic heterocycles. The molecule has 1 aliphatic heterocycles. The van der Waals surface area contributed by atoms with Gasteiger partial charge in [-0.05, 0) is 12.1 Å². The van der Waals surface area contributed by atoms with E-state index in [1.165, 1.54) is 18.2 Å². The molecular weight excluding hydrogens is 410 g/mol. The Balaban J connectivity index is 1.47. The van der Waals surface area contributed by atoms with Crippen LogP contribution in [-0.2, 0) is 11.3 Å². The highest BCUT2D eigenvalue weighted by molar-refractivity contribution is 5.81. The Morgan fingerprint density at radius 1 is 1.00 bits per heavy atom. The Bertz CT molecular complexity index is 1240. The van der Waals surface area contributed by atoms with E-state index in [4.69, 9.17) is 4.42 Å². The quantitative estimate of drug-likeness (QED) is 0.442. The minimum atomic E-state index is -0.776. The van der Waals surface area contributed by atoms with Crippen LogP contribution >= 0.6 is 0 Å². The largest absolute Gasteiger partial charge is 0.420 e. The molecule has 0 bridgehead atoms. The molecule has 1 saturated heterocycles. The van der Waals surface area contributed by atoms with Gasteiger partial charge in [0.1, 0.15) is 12.2 Å². The fourth-order valence-corrected chi connectivity index (χ4v) is 3.64. The van der Waals surface area contributed by atoms with Crippen molar-refractivity contribution in [1.29, 1.82) is 0 Å². The Kier molecular flexibility index (Phi) is 5.11. The second kappa shape index (κ2) is 7.89. The molecule has 1 fully saturated rings. The van der Waals surface area contributed by atoms with Crippen molar-refractivity contribution in [2.75, 3.05) is 31.1 Å². The van der Waals surface area contributed by atoms with E-state index in [-0.39, 0.29) is 29.4 Å². The van der Waals surface area contributed by atoms with Crippen molar-refractivity contribution in [3.63, 3.8) is 0 Å². The molecule has 4 rings (SSSR count). The minimum Gasteiger partial charge on any atom is -0.407 e. The molecule has 0 radical (unpaired) electrons. The van der Waals surface area contributed by atoms with E-state index < -0.39 is 15.6 Å². The molecule has 0 unspecified atom stereocenters. The van der Waals surface area contributed by atoms with Crippen LogP contribution in [0.3, 0.4) is 0 Å². The molecule has 2 heterocycles. The monoisotopic (exact) mass is 427 g/mol. The van der Waals surface area contributed by atoms with Crippen LogP contribution in [0.15, 0.2) is 51.7 Å². The average molecular weight is 427 g/mol. The number of anilines is 1. The van der Waals surface area contributed by atoms with Crippen LogP contribution in [0.1, 0.15) is 0 Å². The summed E-state index contributed by atoms with van der Waals surface area (Å²) >= 11 is 0. The van der Waals surface area contributed by atoms with Crippen LogP contribution in [-0.4, -0.2) is 51.4 Å². The summed E-state index contributed by atoms with van der Waals surface area (Å²) in [4.78, 5) is 49.4. The third-order valence-corrected chi connectivity index (χ3v) is 5.21. The molecule has 0 spiro atoms. The van der Waals surface area contributed by atoms with Crippen molar-refractivity contribution in [3.8, 4) is 0 Å². The smallest absolute Gasteiger partial charge is 0.407 e. The van der Waals surface area contributed by atoms with Crippen LogP contribution < -0.4 is 10.7 Å². The summed E-state index contributed by atoms with van der Waals surface area (Å²) in [6.45, 7) is 1.21. The van der Waals surface area contributed by atoms with Gasteiger partial charge in [-0.2, -0.15) is 0 Å². The van der Waals surface area contributed by atoms with E-state index in [1.54, 1.807) is 23.1 Å². The highest BCUT2D eigenvalue weighted by atomic mass is 16.6. The predicted octanol–water partition coefficient (Wildman–Crippen LogP) is 1.76. The summed E-state index contributed by atoms with van der Waals surface area (Å²) in [6, 6.07) is 10.2. The predicted molar refractivity (Wildman–Crippen MR) is 109 cm³/mol. The summed E-state index contributed by atoms with van der Waals surface area (Å²) in [6.07, 6.45) is 0. The molecule has 1 amide bonds. The molecule has 0 saturated carbocycles. The zero-order valence-electron chi connectivity index (χ0n) is 16.2. The van der Waals surface area contributed by atoms with Crippen LogP contribution in [0, 0.1) is 20.2 Å². The van der Waals surface area contributed by atoms with E-state index in [0.29, 0.717) is 37.4 Å². The van der Waals surface area contributed by atoms with Crippen molar-refractivity contribution in [3.05, 3.63) is 73.2 Å². The lowest BCUT2D eigenvalue weighted by molar-refractivity contribution is -0.384. The number of amides is 1. The summed E-state index contributed by atoms with van der Waals surface area (Å²) in [7, 11) is 0. The standard InChI is InChI=1S/C19H17N5O7/c25-18(12-22-16-6-5-13(23(27)28)11-17(16)31-19(22)26)21-9-7-20(8-10-21)14-3-1-2-4-15(14)24(29)30/h1-6,11H,7-10,12H2. The maximum atomic E-state index is 12.7. The zero-order valence-corrected chi connectivity index (χ0v) is 16.2. The maximum absolute atomic E-state index is 12.7. The van der Waals surface area contributed by atoms with Gasteiger partial charge in [0.15, 0.2) is 5.58 Å². The van der Waals surface area contributed by atoms with Gasteiger partial charge in [-0.25, -0.2) is 4.79 Å². The van der Waals surface area contributed by atoms with Gasteiger partial charge in [0.05, 0.1) is 21.4 Å². The first-order valence-corrected chi connectivity index (χ1v) is 9.39. The maximum Gasteiger partial charge on any atom is 0.420 e. The number of oxazole rings is 1. The second-order valence-corrected chi connectivity index (χ2v) is 6.98. The van der Waals surface area contributed by atoms with E-state index in [2.05, 4.69) is 0 Å². The third kappa shape index (κ3) is 3.82. The topological polar surface area (TPSA) is 145 Å². The van der Waals surface area contributed by atoms with Gasteiger partial charge in [-0.3, -0.25) is 29.6 Å². The average Bonchev–Trinajstić information content (AvgIpc) is 3.08. The van der Waals surface area contributed by atoms with Crippen LogP contribution in [0.25, 0.3) is 11.1 Å². The number of nitro groups is 2. The van der Waals surface area contributed by atoms with Gasteiger partial charge in [0.2, 0.25) is 5.91 Å². The Morgan fingerprint density at radius 2 is 1.71 bits per heavy atom. The number of non-ortho nitro benzene ring substituents is 1. The van der Waals surface area contributed by atoms with Gasteiger partial charge in [0.25, 0.3) is 11.4 Å². The highest BCUT2D eigenvalue weighted by Gasteiger charge is 2.26. The van der Waals surface area contributed by atoms with Gasteiger partial charge in [-0.1, -0.05) is 12.1 Å². The van der Waals surface area contributed by atoms with Crippen LogP contribution in [0.5, 0.6) is 0 Å². The second-order valence-electron chi connectivity index (χ2n) is 6.98. The van der Waals surface area contributed by atoms with Crippen molar-refractivity contribution in [2.45, 2.75) is 6.54 Å². The van der Waals surface area contributed by atoms with E-state index >= 15 is 0 Å². The van der Waals surface area contributed by atoms with Gasteiger partial charge >= 0.3 is 5.76 Å². The van der Waals surface area contributed by atoms with Crippen molar-refractivity contribution in [2.24, 2.45) is 0 Å². The molecule has 2 aromatic carbocycles. The van der Waals surface area contributed by atoms with E-state index in [9.17, 15) is 29.8 Å². The molecule has 0 atom stereocenters. The number of benzene rings is 2. The lowest BCUT2D eigenvalue weighted by Gasteiger charge is -2.35. The van der Waals surface area contributed by atoms with Gasteiger partial charge in [-0.15, -0.1) is 0 Å². The number of aromatic nitrogens is 1. The van der Waals surface area contributed by atoms with Crippen LogP contribution in [0.4, 0.5) is 17.1 Å². The van der Waals surface area contributed by atoms with Crippen molar-refractivity contribution < 1.29 is 19.1 Å². The molecule has 1 aliphatic rings. The normalized spacial score (nSPS) is 14.1. The number of carbonyl (C=O) groups is 1. The first-order valence-electron chi connectivity index (χ1n) is 9.39. The summed E-state index contributed by atoms with van der Waals surface area (Å²) in [5, 5.41) is 22.1. The lowest BCUT2D eigenvalue weighted by atomic mass is 10.2. The molecule has 31 heavy (non-hydrogen) atoms. The fourth-order valence-electron chi connectivity index (χ4n) is 3.64. The Morgan fingerprint density at radius 3 is 2.39 bits per heavy atom. The Labute approximate surface area is 174 Å². The highest BCUT2D eigenvalue weighted by Crippen LogP contribution is 2.28. The molecule has 12 heteroatoms. The third-order valence-electron chi connectivity index (χ3n) is 5.21. The number of para-hydroxylation sites is 2. The summed E-state index contributed by atoms with van der Waals surface area (Å²) in [5.41, 5.74) is 0.618. The number of piperazine rings is 1. The number of nitro benzene ring substituents is 2. The number of rotatable bonds is 5. The Hall–Kier alpha value is -4.22. The first kappa shape index (κ1) is 20.1. The van der Waals surface area contributed by atoms with Gasteiger partial charge < -0.3 is 14.2 Å². The van der Waals surface area contributed by atoms with Crippen LogP contribution in [0.2, 0.25) is 0 Å². The number of fused-ring (bicyclic) bond motifs is 1. The van der Waals surface area contributed by atoms with Crippen molar-refractivity contribution >= 4 is 34.1 Å². The molecular formula is C19H17N5O7. The van der Waals surface area contributed by atoms with Gasteiger partial charge in [0, 0.05) is 38.3 Å². The zero-order chi connectivity index (χ0) is 22.1. The molecule has 0 aliphatic carbocycles. The summed E-state index contributed by atoms with van der Waals surface area (Å²) < 4.78 is 6.18. The number of carbonyl (C=O) groups excluding carboxylic acids is 1. The fraction of sp³-hybridized carbons (Fsp3) is 0.263. The first-order chi connectivity index (χ1) is 14.8. The van der Waals surface area contributed by atoms with Crippen molar-refractivity contribution in [1.82, 2.24) is 9.47 Å². The molecule has 3 aromatic rings. The molecule has 12 nitrogen and oxygen atoms in total. The molecule has 160 valence electrons. The SMILES string of the molecule is O=C(Cn1c(=O)oc2cc([N+](=O)[O-])ccc21)N1CCN(c2ccccc2[N+](=O)[O-])CC1. The summed E-state index contributed by atoms with van der Waals surface area (Å²) in [5.74, 6) is -1.09. The van der Waals surface area contributed by atoms with E-state index in [0.717, 1.165) is 10.6 Å². The number of hydrogen-bond acceptors (Lipinski definition) is 8. The minimum absolute atomic E-state index is 0.00721. The lowest BCUT2D eigenvalue weighted by Crippen LogP contribution is -2.50. The molecule has 0 N–H and O–H groups in total. The van der Waals surface area contributed by atoms with E-state index in [1.807, 2.05) is 4.90 Å².